The van der Waals surface area contributed by atoms with Gasteiger partial charge in [-0.1, -0.05) is 48.5 Å². The standard InChI is InChI=1S/C23H25N3O3/c27-22(26-12-6-7-13-26)21(14-18-15-24-20-11-5-4-10-19(18)20)25-23(28)29-16-17-8-2-1-3-9-17/h1-5,8-11,15,21,24H,6-7,12-14,16H2,(H,25,28)/t21-/m1/s1. The van der Waals surface area contributed by atoms with E-state index < -0.39 is 12.1 Å². The Morgan fingerprint density at radius 1 is 1.03 bits per heavy atom. The minimum absolute atomic E-state index is 0.0514. The number of carbonyl (C=O) groups is 2. The molecule has 150 valence electrons. The lowest BCUT2D eigenvalue weighted by molar-refractivity contribution is -0.132. The Morgan fingerprint density at radius 2 is 1.76 bits per heavy atom. The summed E-state index contributed by atoms with van der Waals surface area (Å²) in [4.78, 5) is 30.6. The SMILES string of the molecule is O=C(N[C@H](Cc1c[nH]c2ccccc12)C(=O)N1CCCC1)OCc1ccccc1. The number of para-hydroxylation sites is 1. The van der Waals surface area contributed by atoms with Crippen molar-refractivity contribution in [1.29, 1.82) is 0 Å². The van der Waals surface area contributed by atoms with Crippen molar-refractivity contribution >= 4 is 22.9 Å². The molecule has 0 spiro atoms. The second-order valence-electron chi connectivity index (χ2n) is 7.35. The van der Waals surface area contributed by atoms with Gasteiger partial charge in [0.25, 0.3) is 0 Å². The highest BCUT2D eigenvalue weighted by Gasteiger charge is 2.29. The van der Waals surface area contributed by atoms with Crippen LogP contribution in [-0.4, -0.2) is 41.0 Å². The highest BCUT2D eigenvalue weighted by molar-refractivity contribution is 5.88. The molecule has 0 radical (unpaired) electrons. The molecule has 6 nitrogen and oxygen atoms in total. The normalized spacial score (nSPS) is 14.7. The number of aromatic amines is 1. The number of amides is 2. The number of carbonyl (C=O) groups excluding carboxylic acids is 2. The molecule has 2 aromatic carbocycles. The van der Waals surface area contributed by atoms with Crippen LogP contribution in [0.4, 0.5) is 4.79 Å². The van der Waals surface area contributed by atoms with Gasteiger partial charge in [0.1, 0.15) is 12.6 Å². The van der Waals surface area contributed by atoms with Gasteiger partial charge in [-0.15, -0.1) is 0 Å². The summed E-state index contributed by atoms with van der Waals surface area (Å²) in [6.07, 6.45) is 3.76. The lowest BCUT2D eigenvalue weighted by atomic mass is 10.0. The fraction of sp³-hybridized carbons (Fsp3) is 0.304. The third-order valence-corrected chi connectivity index (χ3v) is 5.32. The molecule has 0 aliphatic carbocycles. The van der Waals surface area contributed by atoms with Crippen LogP contribution in [0.15, 0.2) is 60.8 Å². The molecule has 0 bridgehead atoms. The molecule has 4 rings (SSSR count). The number of likely N-dealkylation sites (tertiary alicyclic amines) is 1. The van der Waals surface area contributed by atoms with E-state index in [2.05, 4.69) is 10.3 Å². The van der Waals surface area contributed by atoms with Gasteiger partial charge in [-0.05, 0) is 30.0 Å². The lowest BCUT2D eigenvalue weighted by Gasteiger charge is -2.24. The molecule has 1 atom stereocenters. The third kappa shape index (κ3) is 4.59. The smallest absolute Gasteiger partial charge is 0.408 e. The van der Waals surface area contributed by atoms with E-state index in [1.807, 2.05) is 65.7 Å². The molecule has 1 aliphatic rings. The Kier molecular flexibility index (Phi) is 5.79. The minimum Gasteiger partial charge on any atom is -0.445 e. The zero-order valence-electron chi connectivity index (χ0n) is 16.3. The van der Waals surface area contributed by atoms with E-state index in [-0.39, 0.29) is 12.5 Å². The number of fused-ring (bicyclic) bond motifs is 1. The Labute approximate surface area is 169 Å². The van der Waals surface area contributed by atoms with Gasteiger partial charge in [0.2, 0.25) is 5.91 Å². The van der Waals surface area contributed by atoms with E-state index in [0.717, 1.165) is 48.0 Å². The number of benzene rings is 2. The third-order valence-electron chi connectivity index (χ3n) is 5.32. The molecule has 2 heterocycles. The summed E-state index contributed by atoms with van der Waals surface area (Å²) in [6.45, 7) is 1.65. The zero-order valence-corrected chi connectivity index (χ0v) is 16.3. The number of nitrogens with one attached hydrogen (secondary N) is 2. The molecule has 2 N–H and O–H groups in total. The topological polar surface area (TPSA) is 74.4 Å². The molecule has 1 aliphatic heterocycles. The van der Waals surface area contributed by atoms with E-state index >= 15 is 0 Å². The average Bonchev–Trinajstić information content (AvgIpc) is 3.43. The largest absolute Gasteiger partial charge is 0.445 e. The van der Waals surface area contributed by atoms with Gasteiger partial charge in [-0.2, -0.15) is 0 Å². The summed E-state index contributed by atoms with van der Waals surface area (Å²) < 4.78 is 5.35. The van der Waals surface area contributed by atoms with Gasteiger partial charge in [0.05, 0.1) is 0 Å². The number of alkyl carbamates (subject to hydrolysis) is 1. The van der Waals surface area contributed by atoms with Crippen LogP contribution in [-0.2, 0) is 22.6 Å². The maximum absolute atomic E-state index is 13.1. The van der Waals surface area contributed by atoms with Crippen molar-refractivity contribution in [2.45, 2.75) is 31.9 Å². The van der Waals surface area contributed by atoms with Crippen LogP contribution in [0.1, 0.15) is 24.0 Å². The molecule has 2 amide bonds. The predicted octanol–water partition coefficient (Wildman–Crippen LogP) is 3.63. The molecule has 1 aromatic heterocycles. The summed E-state index contributed by atoms with van der Waals surface area (Å²) in [5.41, 5.74) is 2.92. The summed E-state index contributed by atoms with van der Waals surface area (Å²) in [6, 6.07) is 16.8. The van der Waals surface area contributed by atoms with Crippen molar-refractivity contribution in [2.75, 3.05) is 13.1 Å². The lowest BCUT2D eigenvalue weighted by Crippen LogP contribution is -2.49. The highest BCUT2D eigenvalue weighted by Crippen LogP contribution is 2.20. The molecule has 0 unspecified atom stereocenters. The summed E-state index contributed by atoms with van der Waals surface area (Å²) in [5.74, 6) is -0.0514. The van der Waals surface area contributed by atoms with Crippen LogP contribution in [0.3, 0.4) is 0 Å². The fourth-order valence-corrected chi connectivity index (χ4v) is 3.79. The maximum atomic E-state index is 13.1. The van der Waals surface area contributed by atoms with Crippen LogP contribution < -0.4 is 5.32 Å². The summed E-state index contributed by atoms with van der Waals surface area (Å²) in [7, 11) is 0. The first-order valence-corrected chi connectivity index (χ1v) is 10.0. The van der Waals surface area contributed by atoms with Gasteiger partial charge < -0.3 is 19.9 Å². The van der Waals surface area contributed by atoms with Crippen molar-refractivity contribution in [1.82, 2.24) is 15.2 Å². The van der Waals surface area contributed by atoms with Crippen LogP contribution in [0.5, 0.6) is 0 Å². The van der Waals surface area contributed by atoms with Gasteiger partial charge in [-0.25, -0.2) is 4.79 Å². The highest BCUT2D eigenvalue weighted by atomic mass is 16.5. The minimum atomic E-state index is -0.657. The first-order chi connectivity index (χ1) is 14.2. The Balaban J connectivity index is 1.47. The summed E-state index contributed by atoms with van der Waals surface area (Å²) in [5, 5.41) is 3.86. The van der Waals surface area contributed by atoms with Crippen molar-refractivity contribution < 1.29 is 14.3 Å². The van der Waals surface area contributed by atoms with Crippen LogP contribution >= 0.6 is 0 Å². The van der Waals surface area contributed by atoms with Crippen molar-refractivity contribution in [3.8, 4) is 0 Å². The molecule has 1 saturated heterocycles. The molecular weight excluding hydrogens is 366 g/mol. The second kappa shape index (κ2) is 8.82. The van der Waals surface area contributed by atoms with Gasteiger partial charge >= 0.3 is 6.09 Å². The Bertz CT molecular complexity index is 977. The maximum Gasteiger partial charge on any atom is 0.408 e. The Morgan fingerprint density at radius 3 is 2.55 bits per heavy atom. The quantitative estimate of drug-likeness (QED) is 0.674. The van der Waals surface area contributed by atoms with Crippen LogP contribution in [0.25, 0.3) is 10.9 Å². The van der Waals surface area contributed by atoms with Gasteiger partial charge in [-0.3, -0.25) is 4.79 Å². The predicted molar refractivity (Wildman–Crippen MR) is 111 cm³/mol. The van der Waals surface area contributed by atoms with E-state index in [1.165, 1.54) is 0 Å². The molecule has 3 aromatic rings. The number of ether oxygens (including phenoxy) is 1. The first kappa shape index (κ1) is 19.1. The van der Waals surface area contributed by atoms with Gasteiger partial charge in [0, 0.05) is 36.6 Å². The Hall–Kier alpha value is -3.28. The van der Waals surface area contributed by atoms with Gasteiger partial charge in [0.15, 0.2) is 0 Å². The fourth-order valence-electron chi connectivity index (χ4n) is 3.79. The number of hydrogen-bond donors (Lipinski definition) is 2. The molecule has 1 fully saturated rings. The number of rotatable bonds is 6. The monoisotopic (exact) mass is 391 g/mol. The first-order valence-electron chi connectivity index (χ1n) is 10.0. The summed E-state index contributed by atoms with van der Waals surface area (Å²) >= 11 is 0. The van der Waals surface area contributed by atoms with Crippen molar-refractivity contribution in [3.05, 3.63) is 71.9 Å². The zero-order chi connectivity index (χ0) is 20.1. The number of hydrogen-bond acceptors (Lipinski definition) is 3. The molecule has 29 heavy (non-hydrogen) atoms. The second-order valence-corrected chi connectivity index (χ2v) is 7.35. The van der Waals surface area contributed by atoms with Crippen molar-refractivity contribution in [3.63, 3.8) is 0 Å². The van der Waals surface area contributed by atoms with E-state index in [9.17, 15) is 9.59 Å². The van der Waals surface area contributed by atoms with E-state index in [1.54, 1.807) is 0 Å². The number of aromatic nitrogens is 1. The average molecular weight is 391 g/mol. The molecule has 0 saturated carbocycles. The number of H-pyrrole nitrogens is 1. The molecular formula is C23H25N3O3. The van der Waals surface area contributed by atoms with E-state index in [0.29, 0.717) is 6.42 Å². The van der Waals surface area contributed by atoms with E-state index in [4.69, 9.17) is 4.74 Å². The van der Waals surface area contributed by atoms with Crippen LogP contribution in [0, 0.1) is 0 Å². The number of nitrogens with zero attached hydrogens (tertiary/aromatic N) is 1. The van der Waals surface area contributed by atoms with Crippen molar-refractivity contribution in [2.24, 2.45) is 0 Å². The van der Waals surface area contributed by atoms with Crippen LogP contribution in [0.2, 0.25) is 0 Å². The molecule has 6 heteroatoms.